The molecule has 3 amide bonds. The Kier molecular flexibility index (Phi) is 7.97. The first kappa shape index (κ1) is 25.1. The predicted molar refractivity (Wildman–Crippen MR) is 132 cm³/mol. The zero-order valence-electron chi connectivity index (χ0n) is 19.1. The van der Waals surface area contributed by atoms with Gasteiger partial charge in [-0.05, 0) is 73.0 Å². The van der Waals surface area contributed by atoms with Gasteiger partial charge in [-0.15, -0.1) is 0 Å². The third kappa shape index (κ3) is 5.97. The van der Waals surface area contributed by atoms with Gasteiger partial charge in [0.1, 0.15) is 19.0 Å². The maximum Gasteiger partial charge on any atom is 0.294 e. The van der Waals surface area contributed by atoms with Crippen molar-refractivity contribution >= 4 is 46.5 Å². The number of rotatable bonds is 8. The van der Waals surface area contributed by atoms with Crippen LogP contribution in [0.5, 0.6) is 11.5 Å². The van der Waals surface area contributed by atoms with Crippen molar-refractivity contribution in [1.82, 2.24) is 9.80 Å². The lowest BCUT2D eigenvalue weighted by molar-refractivity contribution is -0.135. The van der Waals surface area contributed by atoms with Crippen molar-refractivity contribution in [3.63, 3.8) is 0 Å². The van der Waals surface area contributed by atoms with E-state index in [4.69, 9.17) is 21.1 Å². The van der Waals surface area contributed by atoms with E-state index >= 15 is 0 Å². The summed E-state index contributed by atoms with van der Waals surface area (Å²) >= 11 is 7.24. The molecule has 2 heterocycles. The molecule has 0 aromatic heterocycles. The van der Waals surface area contributed by atoms with Crippen LogP contribution in [0.25, 0.3) is 6.08 Å². The fraction of sp³-hybridized carbons (Fsp3) is 0.320. The fourth-order valence-corrected chi connectivity index (χ4v) is 4.96. The van der Waals surface area contributed by atoms with Gasteiger partial charge in [0.15, 0.2) is 11.5 Å². The van der Waals surface area contributed by atoms with Crippen LogP contribution < -0.4 is 9.47 Å². The van der Waals surface area contributed by atoms with Gasteiger partial charge in [-0.1, -0.05) is 23.7 Å². The lowest BCUT2D eigenvalue weighted by Crippen LogP contribution is -2.40. The van der Waals surface area contributed by atoms with Crippen molar-refractivity contribution in [3.05, 3.63) is 63.3 Å². The van der Waals surface area contributed by atoms with Crippen molar-refractivity contribution < 1.29 is 28.2 Å². The molecular weight excluding hydrogens is 495 g/mol. The molecule has 2 fully saturated rings. The first-order chi connectivity index (χ1) is 16.9. The van der Waals surface area contributed by atoms with E-state index in [1.165, 1.54) is 18.2 Å². The summed E-state index contributed by atoms with van der Waals surface area (Å²) in [4.78, 5) is 40.5. The van der Waals surface area contributed by atoms with Crippen LogP contribution in [0, 0.1) is 5.82 Å². The van der Waals surface area contributed by atoms with Gasteiger partial charge in [-0.2, -0.15) is 0 Å². The number of imide groups is 1. The molecule has 0 N–H and O–H groups in total. The van der Waals surface area contributed by atoms with Crippen LogP contribution in [0.1, 0.15) is 30.9 Å². The highest BCUT2D eigenvalue weighted by molar-refractivity contribution is 8.18. The molecule has 0 radical (unpaired) electrons. The highest BCUT2D eigenvalue weighted by Gasteiger charge is 2.37. The first-order valence-electron chi connectivity index (χ1n) is 11.2. The average Bonchev–Trinajstić information content (AvgIpc) is 3.44. The quantitative estimate of drug-likeness (QED) is 0.452. The molecule has 0 saturated carbocycles. The zero-order chi connectivity index (χ0) is 24.9. The number of hydrogen-bond acceptors (Lipinski definition) is 6. The van der Waals surface area contributed by atoms with Crippen molar-refractivity contribution in [2.45, 2.75) is 26.4 Å². The van der Waals surface area contributed by atoms with Crippen LogP contribution >= 0.6 is 23.4 Å². The number of benzene rings is 2. The standard InChI is InChI=1S/C25H24ClFN2O5S/c1-2-33-20-12-17(11-19(26)23(20)34-15-16-6-5-7-18(27)10-16)13-21-24(31)29(25(32)35-21)14-22(30)28-8-3-4-9-28/h5-7,10-13H,2-4,8-9,14-15H2,1H3/b21-13+. The maximum absolute atomic E-state index is 13.5. The molecule has 0 bridgehead atoms. The summed E-state index contributed by atoms with van der Waals surface area (Å²) < 4.78 is 25.0. The Balaban J connectivity index is 1.52. The zero-order valence-corrected chi connectivity index (χ0v) is 20.7. The minimum absolute atomic E-state index is 0.0842. The normalized spacial score (nSPS) is 16.9. The third-order valence-corrected chi connectivity index (χ3v) is 6.72. The van der Waals surface area contributed by atoms with Gasteiger partial charge in [-0.25, -0.2) is 4.39 Å². The van der Waals surface area contributed by atoms with E-state index in [1.54, 1.807) is 36.1 Å². The van der Waals surface area contributed by atoms with E-state index in [2.05, 4.69) is 0 Å². The molecular formula is C25H24ClFN2O5S. The Morgan fingerprint density at radius 1 is 1.17 bits per heavy atom. The summed E-state index contributed by atoms with van der Waals surface area (Å²) in [7, 11) is 0. The molecule has 2 aromatic rings. The van der Waals surface area contributed by atoms with Gasteiger partial charge < -0.3 is 14.4 Å². The Hall–Kier alpha value is -3.04. The molecule has 35 heavy (non-hydrogen) atoms. The van der Waals surface area contributed by atoms with E-state index in [0.29, 0.717) is 42.3 Å². The molecule has 10 heteroatoms. The van der Waals surface area contributed by atoms with Gasteiger partial charge >= 0.3 is 0 Å². The van der Waals surface area contributed by atoms with E-state index in [-0.39, 0.29) is 34.8 Å². The highest BCUT2D eigenvalue weighted by Crippen LogP contribution is 2.39. The van der Waals surface area contributed by atoms with Gasteiger partial charge in [0.05, 0.1) is 16.5 Å². The second-order valence-corrected chi connectivity index (χ2v) is 9.44. The molecule has 184 valence electrons. The number of halogens is 2. The second kappa shape index (κ2) is 11.1. The molecule has 0 aliphatic carbocycles. The second-order valence-electron chi connectivity index (χ2n) is 8.04. The Bertz CT molecular complexity index is 1180. The molecule has 2 aromatic carbocycles. The maximum atomic E-state index is 13.5. The summed E-state index contributed by atoms with van der Waals surface area (Å²) in [6.07, 6.45) is 3.40. The largest absolute Gasteiger partial charge is 0.490 e. The number of nitrogens with zero attached hydrogens (tertiary/aromatic N) is 2. The molecule has 2 aliphatic heterocycles. The van der Waals surface area contributed by atoms with Crippen LogP contribution in [0.4, 0.5) is 9.18 Å². The topological polar surface area (TPSA) is 76.2 Å². The summed E-state index contributed by atoms with van der Waals surface area (Å²) in [5.74, 6) is -0.473. The summed E-state index contributed by atoms with van der Waals surface area (Å²) in [6, 6.07) is 9.28. The number of likely N-dealkylation sites (tertiary alicyclic amines) is 1. The van der Waals surface area contributed by atoms with Crippen molar-refractivity contribution in [2.24, 2.45) is 0 Å². The van der Waals surface area contributed by atoms with E-state index in [0.717, 1.165) is 29.5 Å². The van der Waals surface area contributed by atoms with Crippen molar-refractivity contribution in [1.29, 1.82) is 0 Å². The summed E-state index contributed by atoms with van der Waals surface area (Å²) in [6.45, 7) is 3.26. The predicted octanol–water partition coefficient (Wildman–Crippen LogP) is 5.12. The number of ether oxygens (including phenoxy) is 2. The van der Waals surface area contributed by atoms with Crippen molar-refractivity contribution in [3.8, 4) is 11.5 Å². The summed E-state index contributed by atoms with van der Waals surface area (Å²) in [5, 5.41) is -0.248. The lowest BCUT2D eigenvalue weighted by Gasteiger charge is -2.18. The van der Waals surface area contributed by atoms with E-state index < -0.39 is 11.1 Å². The molecule has 2 saturated heterocycles. The number of hydrogen-bond donors (Lipinski definition) is 0. The average molecular weight is 519 g/mol. The van der Waals surface area contributed by atoms with Crippen LogP contribution in [0.3, 0.4) is 0 Å². The molecule has 0 unspecified atom stereocenters. The van der Waals surface area contributed by atoms with E-state index in [9.17, 15) is 18.8 Å². The minimum atomic E-state index is -0.520. The molecule has 7 nitrogen and oxygen atoms in total. The highest BCUT2D eigenvalue weighted by atomic mass is 35.5. The molecule has 0 spiro atoms. The van der Waals surface area contributed by atoms with Crippen LogP contribution in [-0.2, 0) is 16.2 Å². The molecule has 4 rings (SSSR count). The van der Waals surface area contributed by atoms with Crippen molar-refractivity contribution in [2.75, 3.05) is 26.2 Å². The molecule has 2 aliphatic rings. The van der Waals surface area contributed by atoms with E-state index in [1.807, 2.05) is 0 Å². The monoisotopic (exact) mass is 518 g/mol. The van der Waals surface area contributed by atoms with Gasteiger partial charge in [0.25, 0.3) is 11.1 Å². The Morgan fingerprint density at radius 3 is 2.66 bits per heavy atom. The number of amides is 3. The SMILES string of the molecule is CCOc1cc(/C=C2/SC(=O)N(CC(=O)N3CCCC3)C2=O)cc(Cl)c1OCc1cccc(F)c1. The van der Waals surface area contributed by atoms with Crippen LogP contribution in [-0.4, -0.2) is 53.1 Å². The van der Waals surface area contributed by atoms with Crippen LogP contribution in [0.2, 0.25) is 5.02 Å². The number of carbonyl (C=O) groups is 3. The van der Waals surface area contributed by atoms with Gasteiger partial charge in [0, 0.05) is 13.1 Å². The smallest absolute Gasteiger partial charge is 0.294 e. The first-order valence-corrected chi connectivity index (χ1v) is 12.4. The molecule has 0 atom stereocenters. The third-order valence-electron chi connectivity index (χ3n) is 5.53. The van der Waals surface area contributed by atoms with Gasteiger partial charge in [-0.3, -0.25) is 19.3 Å². The number of thioether (sulfide) groups is 1. The van der Waals surface area contributed by atoms with Gasteiger partial charge in [0.2, 0.25) is 5.91 Å². The lowest BCUT2D eigenvalue weighted by atomic mass is 10.1. The van der Waals surface area contributed by atoms with Crippen LogP contribution in [0.15, 0.2) is 41.3 Å². The number of carbonyl (C=O) groups excluding carboxylic acids is 3. The Morgan fingerprint density at radius 2 is 1.94 bits per heavy atom. The fourth-order valence-electron chi connectivity index (χ4n) is 3.85. The Labute approximate surface area is 211 Å². The summed E-state index contributed by atoms with van der Waals surface area (Å²) in [5.41, 5.74) is 1.16. The minimum Gasteiger partial charge on any atom is -0.490 e.